The Kier molecular flexibility index (Phi) is 4.99. The van der Waals surface area contributed by atoms with Gasteiger partial charge in [0.15, 0.2) is 0 Å². The van der Waals surface area contributed by atoms with Crippen molar-refractivity contribution < 1.29 is 9.53 Å². The van der Waals surface area contributed by atoms with E-state index in [4.69, 9.17) is 4.74 Å². The maximum Gasteiger partial charge on any atom is 0.239 e. The number of ether oxygens (including phenoxy) is 1. The molecule has 2 rings (SSSR count). The normalized spacial score (nSPS) is 15.1. The zero-order valence-electron chi connectivity index (χ0n) is 12.9. The van der Waals surface area contributed by atoms with Crippen LogP contribution >= 0.6 is 11.3 Å². The van der Waals surface area contributed by atoms with Crippen LogP contribution in [0.5, 0.6) is 0 Å². The Bertz CT molecular complexity index is 570. The number of carbonyl (C=O) groups excluding carboxylic acids is 1. The number of anilines is 1. The van der Waals surface area contributed by atoms with E-state index < -0.39 is 0 Å². The predicted molar refractivity (Wildman–Crippen MR) is 83.6 cm³/mol. The third-order valence-electron chi connectivity index (χ3n) is 3.83. The van der Waals surface area contributed by atoms with Crippen molar-refractivity contribution in [3.8, 4) is 6.07 Å². The molecule has 5 nitrogen and oxygen atoms in total. The summed E-state index contributed by atoms with van der Waals surface area (Å²) in [5, 5.41) is 12.8. The Hall–Kier alpha value is -1.42. The first kappa shape index (κ1) is 16.0. The molecule has 1 aromatic heterocycles. The van der Waals surface area contributed by atoms with Crippen LogP contribution in [0.2, 0.25) is 0 Å². The first-order valence-electron chi connectivity index (χ1n) is 7.07. The second kappa shape index (κ2) is 6.56. The van der Waals surface area contributed by atoms with E-state index in [9.17, 15) is 10.1 Å². The molecule has 0 unspecified atom stereocenters. The maximum atomic E-state index is 12.3. The minimum atomic E-state index is -0.0756. The van der Waals surface area contributed by atoms with Crippen molar-refractivity contribution in [2.24, 2.45) is 0 Å². The third-order valence-corrected chi connectivity index (χ3v) is 4.95. The summed E-state index contributed by atoms with van der Waals surface area (Å²) in [6.07, 6.45) is 0. The van der Waals surface area contributed by atoms with Crippen LogP contribution in [0, 0.1) is 25.2 Å². The van der Waals surface area contributed by atoms with Crippen molar-refractivity contribution >= 4 is 22.2 Å². The van der Waals surface area contributed by atoms with Crippen molar-refractivity contribution in [2.75, 3.05) is 25.1 Å². The number of aryl methyl sites for hydroxylation is 1. The molecule has 0 radical (unpaired) electrons. The lowest BCUT2D eigenvalue weighted by Gasteiger charge is -2.39. The van der Waals surface area contributed by atoms with E-state index >= 15 is 0 Å². The Morgan fingerprint density at radius 1 is 1.52 bits per heavy atom. The summed E-state index contributed by atoms with van der Waals surface area (Å²) in [7, 11) is 0. The van der Waals surface area contributed by atoms with E-state index in [1.54, 1.807) is 0 Å². The van der Waals surface area contributed by atoms with E-state index in [1.165, 1.54) is 11.3 Å². The molecule has 2 heterocycles. The third kappa shape index (κ3) is 3.43. The highest BCUT2D eigenvalue weighted by Gasteiger charge is 2.29. The van der Waals surface area contributed by atoms with Crippen molar-refractivity contribution in [3.05, 3.63) is 16.0 Å². The standard InChI is InChI=1S/C15H21N3O2S/c1-9(2)18(12-7-20-8-12)6-14(19)17-15-13(5-16)10(3)11(4)21-15/h9,12H,6-8H2,1-4H3,(H,17,19). The first-order valence-corrected chi connectivity index (χ1v) is 7.89. The average Bonchev–Trinajstić information content (AvgIpc) is 2.61. The van der Waals surface area contributed by atoms with E-state index in [1.807, 2.05) is 13.8 Å². The molecule has 114 valence electrons. The molecule has 1 aliphatic rings. The molecular formula is C15H21N3O2S. The summed E-state index contributed by atoms with van der Waals surface area (Å²) in [6, 6.07) is 2.78. The Morgan fingerprint density at radius 3 is 2.67 bits per heavy atom. The second-order valence-corrected chi connectivity index (χ2v) is 6.83. The zero-order chi connectivity index (χ0) is 15.6. The molecule has 0 aromatic carbocycles. The molecule has 1 aromatic rings. The summed E-state index contributed by atoms with van der Waals surface area (Å²) in [6.45, 7) is 9.72. The topological polar surface area (TPSA) is 65.4 Å². The summed E-state index contributed by atoms with van der Waals surface area (Å²) in [5.74, 6) is -0.0756. The van der Waals surface area contributed by atoms with E-state index in [0.717, 1.165) is 10.4 Å². The van der Waals surface area contributed by atoms with Gasteiger partial charge in [-0.15, -0.1) is 11.3 Å². The van der Waals surface area contributed by atoms with E-state index in [-0.39, 0.29) is 11.9 Å². The van der Waals surface area contributed by atoms with Gasteiger partial charge in [0, 0.05) is 10.9 Å². The largest absolute Gasteiger partial charge is 0.378 e. The molecule has 1 saturated heterocycles. The number of amides is 1. The van der Waals surface area contributed by atoms with Gasteiger partial charge in [-0.1, -0.05) is 0 Å². The molecule has 0 bridgehead atoms. The van der Waals surface area contributed by atoms with Gasteiger partial charge in [0.2, 0.25) is 5.91 Å². The Balaban J connectivity index is 2.04. The van der Waals surface area contributed by atoms with Gasteiger partial charge in [0.1, 0.15) is 11.1 Å². The fourth-order valence-corrected chi connectivity index (χ4v) is 3.36. The number of nitrogens with zero attached hydrogens (tertiary/aromatic N) is 2. The van der Waals surface area contributed by atoms with Crippen LogP contribution in [0.25, 0.3) is 0 Å². The second-order valence-electron chi connectivity index (χ2n) is 5.60. The fourth-order valence-electron chi connectivity index (χ4n) is 2.33. The number of hydrogen-bond donors (Lipinski definition) is 1. The fraction of sp³-hybridized carbons (Fsp3) is 0.600. The number of carbonyl (C=O) groups is 1. The van der Waals surface area contributed by atoms with Gasteiger partial charge in [-0.3, -0.25) is 9.69 Å². The van der Waals surface area contributed by atoms with Crippen LogP contribution in [0.1, 0.15) is 29.9 Å². The molecular weight excluding hydrogens is 286 g/mol. The predicted octanol–water partition coefficient (Wildman–Crippen LogP) is 2.28. The lowest BCUT2D eigenvalue weighted by Crippen LogP contribution is -2.54. The van der Waals surface area contributed by atoms with Gasteiger partial charge in [-0.05, 0) is 33.3 Å². The summed E-state index contributed by atoms with van der Waals surface area (Å²) >= 11 is 1.46. The number of nitriles is 1. The monoisotopic (exact) mass is 307 g/mol. The molecule has 21 heavy (non-hydrogen) atoms. The summed E-state index contributed by atoms with van der Waals surface area (Å²) in [4.78, 5) is 15.5. The maximum absolute atomic E-state index is 12.3. The molecule has 1 amide bonds. The lowest BCUT2D eigenvalue weighted by molar-refractivity contribution is -0.123. The van der Waals surface area contributed by atoms with E-state index in [2.05, 4.69) is 30.1 Å². The molecule has 0 aliphatic carbocycles. The van der Waals surface area contributed by atoms with Crippen LogP contribution < -0.4 is 5.32 Å². The molecule has 1 fully saturated rings. The van der Waals surface area contributed by atoms with Gasteiger partial charge in [0.05, 0.1) is 31.4 Å². The van der Waals surface area contributed by atoms with Gasteiger partial charge in [-0.25, -0.2) is 0 Å². The quantitative estimate of drug-likeness (QED) is 0.906. The lowest BCUT2D eigenvalue weighted by atomic mass is 10.1. The van der Waals surface area contributed by atoms with Crippen LogP contribution in [-0.2, 0) is 9.53 Å². The summed E-state index contributed by atoms with van der Waals surface area (Å²) in [5.41, 5.74) is 1.53. The van der Waals surface area contributed by atoms with Crippen molar-refractivity contribution in [2.45, 2.75) is 39.8 Å². The van der Waals surface area contributed by atoms with Crippen molar-refractivity contribution in [1.29, 1.82) is 5.26 Å². The van der Waals surface area contributed by atoms with Gasteiger partial charge in [0.25, 0.3) is 0 Å². The van der Waals surface area contributed by atoms with Crippen LogP contribution in [0.3, 0.4) is 0 Å². The van der Waals surface area contributed by atoms with Crippen molar-refractivity contribution in [1.82, 2.24) is 4.90 Å². The molecule has 0 spiro atoms. The average molecular weight is 307 g/mol. The highest BCUT2D eigenvalue weighted by Crippen LogP contribution is 2.31. The number of thiophene rings is 1. The highest BCUT2D eigenvalue weighted by molar-refractivity contribution is 7.16. The van der Waals surface area contributed by atoms with Gasteiger partial charge >= 0.3 is 0 Å². The number of rotatable bonds is 5. The molecule has 1 aliphatic heterocycles. The molecule has 1 N–H and O–H groups in total. The van der Waals surface area contributed by atoms with Crippen LogP contribution in [0.4, 0.5) is 5.00 Å². The Labute approximate surface area is 129 Å². The molecule has 0 atom stereocenters. The highest BCUT2D eigenvalue weighted by atomic mass is 32.1. The smallest absolute Gasteiger partial charge is 0.239 e. The molecule has 0 saturated carbocycles. The van der Waals surface area contributed by atoms with Crippen molar-refractivity contribution in [3.63, 3.8) is 0 Å². The number of hydrogen-bond acceptors (Lipinski definition) is 5. The SMILES string of the molecule is Cc1sc(NC(=O)CN(C(C)C)C2COC2)c(C#N)c1C. The number of nitrogens with one attached hydrogen (secondary N) is 1. The van der Waals surface area contributed by atoms with Gasteiger partial charge < -0.3 is 10.1 Å². The minimum Gasteiger partial charge on any atom is -0.378 e. The van der Waals surface area contributed by atoms with Crippen LogP contribution in [0.15, 0.2) is 0 Å². The summed E-state index contributed by atoms with van der Waals surface area (Å²) < 4.78 is 5.21. The minimum absolute atomic E-state index is 0.0756. The van der Waals surface area contributed by atoms with Crippen LogP contribution in [-0.4, -0.2) is 42.6 Å². The Morgan fingerprint density at radius 2 is 2.19 bits per heavy atom. The first-order chi connectivity index (χ1) is 9.93. The van der Waals surface area contributed by atoms with E-state index in [0.29, 0.717) is 36.4 Å². The zero-order valence-corrected chi connectivity index (χ0v) is 13.7. The van der Waals surface area contributed by atoms with Gasteiger partial charge in [-0.2, -0.15) is 5.26 Å². The molecule has 6 heteroatoms.